The molecule has 3 aliphatic rings. The van der Waals surface area contributed by atoms with E-state index in [4.69, 9.17) is 4.52 Å². The first-order valence-corrected chi connectivity index (χ1v) is 9.68. The van der Waals surface area contributed by atoms with Crippen LogP contribution in [0.25, 0.3) is 0 Å². The zero-order chi connectivity index (χ0) is 18.3. The van der Waals surface area contributed by atoms with E-state index in [0.29, 0.717) is 36.9 Å². The van der Waals surface area contributed by atoms with E-state index in [2.05, 4.69) is 22.0 Å². The summed E-state index contributed by atoms with van der Waals surface area (Å²) in [4.78, 5) is 31.7. The van der Waals surface area contributed by atoms with Crippen molar-refractivity contribution >= 4 is 11.8 Å². The van der Waals surface area contributed by atoms with Crippen LogP contribution < -0.4 is 0 Å². The standard InChI is InChI=1S/C19H28N4O3/c1-14-11-16(20-26-14)18(25)23-10-9-21(2)19(13-23)6-5-17(24)22(8-7-19)12-15-3-4-15/h11,15H,3-10,12-13H2,1-2H3. The Kier molecular flexibility index (Phi) is 4.50. The van der Waals surface area contributed by atoms with E-state index < -0.39 is 0 Å². The van der Waals surface area contributed by atoms with Gasteiger partial charge >= 0.3 is 0 Å². The van der Waals surface area contributed by atoms with Crippen molar-refractivity contribution in [1.82, 2.24) is 19.9 Å². The van der Waals surface area contributed by atoms with E-state index in [9.17, 15) is 9.59 Å². The Morgan fingerprint density at radius 1 is 1.31 bits per heavy atom. The van der Waals surface area contributed by atoms with Crippen LogP contribution in [0.5, 0.6) is 0 Å². The molecule has 142 valence electrons. The highest BCUT2D eigenvalue weighted by atomic mass is 16.5. The third kappa shape index (κ3) is 3.37. The van der Waals surface area contributed by atoms with Crippen LogP contribution in [0.3, 0.4) is 0 Å². The summed E-state index contributed by atoms with van der Waals surface area (Å²) in [5.41, 5.74) is 0.253. The smallest absolute Gasteiger partial charge is 0.276 e. The van der Waals surface area contributed by atoms with Gasteiger partial charge in [-0.25, -0.2) is 0 Å². The number of rotatable bonds is 3. The second-order valence-corrected chi connectivity index (χ2v) is 8.23. The van der Waals surface area contributed by atoms with Gasteiger partial charge in [0, 0.05) is 50.7 Å². The molecule has 1 aromatic rings. The minimum Gasteiger partial charge on any atom is -0.361 e. The van der Waals surface area contributed by atoms with E-state index in [1.807, 2.05) is 4.90 Å². The zero-order valence-corrected chi connectivity index (χ0v) is 15.7. The molecule has 2 aliphatic heterocycles. The normalized spacial score (nSPS) is 27.8. The Morgan fingerprint density at radius 3 is 2.81 bits per heavy atom. The maximum absolute atomic E-state index is 12.8. The summed E-state index contributed by atoms with van der Waals surface area (Å²) in [6, 6.07) is 1.70. The van der Waals surface area contributed by atoms with Crippen LogP contribution in [0.4, 0.5) is 0 Å². The summed E-state index contributed by atoms with van der Waals surface area (Å²) < 4.78 is 5.07. The molecule has 3 fully saturated rings. The van der Waals surface area contributed by atoms with Crippen molar-refractivity contribution in [3.05, 3.63) is 17.5 Å². The molecule has 1 aliphatic carbocycles. The number of hydrogen-bond donors (Lipinski definition) is 0. The first-order chi connectivity index (χ1) is 12.5. The Balaban J connectivity index is 1.48. The predicted octanol–water partition coefficient (Wildman–Crippen LogP) is 1.53. The van der Waals surface area contributed by atoms with Gasteiger partial charge in [0.1, 0.15) is 5.76 Å². The van der Waals surface area contributed by atoms with Crippen molar-refractivity contribution in [3.8, 4) is 0 Å². The molecule has 7 heteroatoms. The topological polar surface area (TPSA) is 69.9 Å². The van der Waals surface area contributed by atoms with Gasteiger partial charge in [0.15, 0.2) is 5.69 Å². The Labute approximate surface area is 154 Å². The van der Waals surface area contributed by atoms with Crippen LogP contribution >= 0.6 is 0 Å². The molecule has 0 N–H and O–H groups in total. The van der Waals surface area contributed by atoms with Crippen molar-refractivity contribution in [2.24, 2.45) is 5.92 Å². The van der Waals surface area contributed by atoms with Crippen LogP contribution in [-0.2, 0) is 4.79 Å². The third-order valence-electron chi connectivity index (χ3n) is 6.31. The number of aryl methyl sites for hydroxylation is 1. The Bertz CT molecular complexity index is 699. The number of likely N-dealkylation sites (tertiary alicyclic amines) is 1. The Hall–Kier alpha value is -1.89. The van der Waals surface area contributed by atoms with Crippen LogP contribution in [0.15, 0.2) is 10.6 Å². The van der Waals surface area contributed by atoms with E-state index in [1.54, 1.807) is 13.0 Å². The molecule has 7 nitrogen and oxygen atoms in total. The lowest BCUT2D eigenvalue weighted by atomic mass is 9.86. The van der Waals surface area contributed by atoms with Crippen molar-refractivity contribution < 1.29 is 14.1 Å². The van der Waals surface area contributed by atoms with Gasteiger partial charge in [0.2, 0.25) is 5.91 Å². The molecule has 0 bridgehead atoms. The van der Waals surface area contributed by atoms with Crippen molar-refractivity contribution in [2.45, 2.75) is 44.6 Å². The number of likely N-dealkylation sites (N-methyl/N-ethyl adjacent to an activating group) is 1. The van der Waals surface area contributed by atoms with Crippen LogP contribution in [0.2, 0.25) is 0 Å². The molecule has 1 aromatic heterocycles. The van der Waals surface area contributed by atoms with Gasteiger partial charge in [0.25, 0.3) is 5.91 Å². The predicted molar refractivity (Wildman–Crippen MR) is 95.7 cm³/mol. The summed E-state index contributed by atoms with van der Waals surface area (Å²) in [6.45, 7) is 5.66. The minimum atomic E-state index is -0.124. The fourth-order valence-corrected chi connectivity index (χ4v) is 4.30. The number of aromatic nitrogens is 1. The molecule has 0 aromatic carbocycles. The molecule has 3 heterocycles. The third-order valence-corrected chi connectivity index (χ3v) is 6.31. The monoisotopic (exact) mass is 360 g/mol. The van der Waals surface area contributed by atoms with Gasteiger partial charge in [-0.15, -0.1) is 0 Å². The van der Waals surface area contributed by atoms with Crippen molar-refractivity contribution in [2.75, 3.05) is 39.8 Å². The van der Waals surface area contributed by atoms with Crippen LogP contribution in [0, 0.1) is 12.8 Å². The highest BCUT2D eigenvalue weighted by Gasteiger charge is 2.44. The summed E-state index contributed by atoms with van der Waals surface area (Å²) in [6.07, 6.45) is 4.82. The zero-order valence-electron chi connectivity index (χ0n) is 15.7. The van der Waals surface area contributed by atoms with E-state index in [1.165, 1.54) is 12.8 Å². The molecule has 1 atom stereocenters. The maximum Gasteiger partial charge on any atom is 0.276 e. The second kappa shape index (κ2) is 6.68. The summed E-state index contributed by atoms with van der Waals surface area (Å²) in [5, 5.41) is 3.88. The van der Waals surface area contributed by atoms with Gasteiger partial charge in [-0.1, -0.05) is 5.16 Å². The molecular formula is C19H28N4O3. The van der Waals surface area contributed by atoms with E-state index in [-0.39, 0.29) is 17.4 Å². The molecule has 1 saturated carbocycles. The van der Waals surface area contributed by atoms with E-state index in [0.717, 1.165) is 32.5 Å². The number of nitrogens with zero attached hydrogens (tertiary/aromatic N) is 4. The number of carbonyl (C=O) groups is 2. The van der Waals surface area contributed by atoms with Gasteiger partial charge < -0.3 is 14.3 Å². The average Bonchev–Trinajstić information content (AvgIpc) is 3.37. The second-order valence-electron chi connectivity index (χ2n) is 8.23. The van der Waals surface area contributed by atoms with Crippen LogP contribution in [-0.4, -0.2) is 77.0 Å². The minimum absolute atomic E-state index is 0.0697. The van der Waals surface area contributed by atoms with E-state index >= 15 is 0 Å². The molecule has 2 saturated heterocycles. The molecule has 1 unspecified atom stereocenters. The molecule has 26 heavy (non-hydrogen) atoms. The van der Waals surface area contributed by atoms with Gasteiger partial charge in [-0.05, 0) is 45.6 Å². The molecular weight excluding hydrogens is 332 g/mol. The lowest BCUT2D eigenvalue weighted by molar-refractivity contribution is -0.130. The number of hydrogen-bond acceptors (Lipinski definition) is 5. The lowest BCUT2D eigenvalue weighted by Crippen LogP contribution is -2.62. The molecule has 0 radical (unpaired) electrons. The fraction of sp³-hybridized carbons (Fsp3) is 0.737. The first-order valence-electron chi connectivity index (χ1n) is 9.68. The van der Waals surface area contributed by atoms with Crippen LogP contribution in [0.1, 0.15) is 48.4 Å². The highest BCUT2D eigenvalue weighted by Crippen LogP contribution is 2.35. The molecule has 2 amide bonds. The number of amides is 2. The lowest BCUT2D eigenvalue weighted by Gasteiger charge is -2.49. The summed E-state index contributed by atoms with van der Waals surface area (Å²) in [7, 11) is 2.13. The SMILES string of the molecule is Cc1cc(C(=O)N2CCN(C)C3(CCC(=O)N(CC4CC4)CC3)C2)no1. The summed E-state index contributed by atoms with van der Waals surface area (Å²) >= 11 is 0. The van der Waals surface area contributed by atoms with Gasteiger partial charge in [-0.2, -0.15) is 0 Å². The summed E-state index contributed by atoms with van der Waals surface area (Å²) in [5.74, 6) is 1.57. The van der Waals surface area contributed by atoms with Gasteiger partial charge in [0.05, 0.1) is 0 Å². The number of carbonyl (C=O) groups excluding carboxylic acids is 2. The fourth-order valence-electron chi connectivity index (χ4n) is 4.30. The quantitative estimate of drug-likeness (QED) is 0.818. The number of piperazine rings is 1. The maximum atomic E-state index is 12.8. The first kappa shape index (κ1) is 17.5. The van der Waals surface area contributed by atoms with Gasteiger partial charge in [-0.3, -0.25) is 14.5 Å². The largest absolute Gasteiger partial charge is 0.361 e. The van der Waals surface area contributed by atoms with Crippen molar-refractivity contribution in [1.29, 1.82) is 0 Å². The Morgan fingerprint density at radius 2 is 2.12 bits per heavy atom. The average molecular weight is 360 g/mol. The molecule has 1 spiro atoms. The highest BCUT2D eigenvalue weighted by molar-refractivity contribution is 5.92. The van der Waals surface area contributed by atoms with Crippen molar-refractivity contribution in [3.63, 3.8) is 0 Å². The molecule has 4 rings (SSSR count).